The number of fused-ring (bicyclic) bond motifs is 1. The average Bonchev–Trinajstić information content (AvgIpc) is 3.20. The Bertz CT molecular complexity index is 683. The molecule has 0 aromatic carbocycles. The lowest BCUT2D eigenvalue weighted by atomic mass is 10.2. The minimum absolute atomic E-state index is 0.0240. The first-order chi connectivity index (χ1) is 10.7. The summed E-state index contributed by atoms with van der Waals surface area (Å²) in [4.78, 5) is 24.0. The zero-order valence-electron chi connectivity index (χ0n) is 12.7. The fourth-order valence-corrected chi connectivity index (χ4v) is 4.00. The van der Waals surface area contributed by atoms with E-state index in [1.807, 2.05) is 13.0 Å². The summed E-state index contributed by atoms with van der Waals surface area (Å²) in [6.45, 7) is 2.46. The second-order valence-corrected chi connectivity index (χ2v) is 6.59. The predicted molar refractivity (Wildman–Crippen MR) is 88.3 cm³/mol. The third-order valence-electron chi connectivity index (χ3n) is 4.17. The molecular weight excluding hydrogens is 298 g/mol. The van der Waals surface area contributed by atoms with Gasteiger partial charge in [0.1, 0.15) is 5.69 Å². The van der Waals surface area contributed by atoms with Gasteiger partial charge in [-0.25, -0.2) is 0 Å². The largest absolute Gasteiger partial charge is 0.355 e. The highest BCUT2D eigenvalue weighted by Crippen LogP contribution is 2.36. The number of thiophene rings is 1. The Kier molecular flexibility index (Phi) is 4.47. The van der Waals surface area contributed by atoms with Crippen molar-refractivity contribution in [3.63, 3.8) is 0 Å². The van der Waals surface area contributed by atoms with E-state index >= 15 is 0 Å². The normalized spacial score (nSPS) is 15.3. The van der Waals surface area contributed by atoms with Crippen LogP contribution in [0.5, 0.6) is 0 Å². The second kappa shape index (κ2) is 6.52. The number of carbonyl (C=O) groups excluding carboxylic acids is 2. The smallest absolute Gasteiger partial charge is 0.268 e. The molecule has 1 saturated carbocycles. The van der Waals surface area contributed by atoms with Gasteiger partial charge in [-0.15, -0.1) is 11.3 Å². The van der Waals surface area contributed by atoms with Crippen molar-refractivity contribution in [2.75, 3.05) is 13.1 Å². The molecule has 1 fully saturated rings. The number of carbonyl (C=O) groups is 2. The van der Waals surface area contributed by atoms with Gasteiger partial charge in [-0.2, -0.15) is 0 Å². The first kappa shape index (κ1) is 15.1. The Hall–Kier alpha value is -1.82. The van der Waals surface area contributed by atoms with E-state index in [4.69, 9.17) is 0 Å². The van der Waals surface area contributed by atoms with Crippen molar-refractivity contribution >= 4 is 33.4 Å². The van der Waals surface area contributed by atoms with E-state index in [1.54, 1.807) is 11.3 Å². The van der Waals surface area contributed by atoms with Crippen LogP contribution in [0.3, 0.4) is 0 Å². The molecule has 22 heavy (non-hydrogen) atoms. The number of aromatic nitrogens is 1. The Morgan fingerprint density at radius 3 is 2.82 bits per heavy atom. The highest BCUT2D eigenvalue weighted by molar-refractivity contribution is 7.17. The SMILES string of the molecule is CCNC(=O)CNC(=O)c1cc2sccc2n1C1CCCC1. The molecule has 0 radical (unpaired) electrons. The molecule has 0 unspecified atom stereocenters. The van der Waals surface area contributed by atoms with Crippen LogP contribution in [0, 0.1) is 0 Å². The quantitative estimate of drug-likeness (QED) is 0.890. The number of nitrogens with one attached hydrogen (secondary N) is 2. The van der Waals surface area contributed by atoms with Crippen LogP contribution in [0.2, 0.25) is 0 Å². The molecule has 5 nitrogen and oxygen atoms in total. The standard InChI is InChI=1S/C16H21N3O2S/c1-2-17-15(20)10-18-16(21)13-9-14-12(7-8-22-14)19(13)11-5-3-4-6-11/h7-9,11H,2-6,10H2,1H3,(H,17,20)(H,18,21). The average molecular weight is 319 g/mol. The van der Waals surface area contributed by atoms with Gasteiger partial charge in [-0.3, -0.25) is 9.59 Å². The van der Waals surface area contributed by atoms with Crippen molar-refractivity contribution in [3.8, 4) is 0 Å². The second-order valence-electron chi connectivity index (χ2n) is 5.64. The molecule has 1 aliphatic rings. The zero-order valence-corrected chi connectivity index (χ0v) is 13.5. The van der Waals surface area contributed by atoms with Crippen LogP contribution in [0.15, 0.2) is 17.5 Å². The third-order valence-corrected chi connectivity index (χ3v) is 5.02. The van der Waals surface area contributed by atoms with E-state index < -0.39 is 0 Å². The lowest BCUT2D eigenvalue weighted by Crippen LogP contribution is -2.37. The number of likely N-dealkylation sites (N-methyl/N-ethyl adjacent to an activating group) is 1. The number of amides is 2. The molecule has 2 aromatic heterocycles. The van der Waals surface area contributed by atoms with E-state index in [-0.39, 0.29) is 18.4 Å². The Morgan fingerprint density at radius 2 is 2.09 bits per heavy atom. The van der Waals surface area contributed by atoms with Gasteiger partial charge < -0.3 is 15.2 Å². The molecular formula is C16H21N3O2S. The minimum atomic E-state index is -0.165. The van der Waals surface area contributed by atoms with Gasteiger partial charge in [-0.1, -0.05) is 12.8 Å². The molecule has 6 heteroatoms. The van der Waals surface area contributed by atoms with Crippen molar-refractivity contribution in [1.29, 1.82) is 0 Å². The molecule has 2 heterocycles. The molecule has 2 aromatic rings. The number of hydrogen-bond donors (Lipinski definition) is 2. The molecule has 1 aliphatic carbocycles. The maximum absolute atomic E-state index is 12.5. The lowest BCUT2D eigenvalue weighted by Gasteiger charge is -2.17. The lowest BCUT2D eigenvalue weighted by molar-refractivity contribution is -0.120. The number of nitrogens with zero attached hydrogens (tertiary/aromatic N) is 1. The fourth-order valence-electron chi connectivity index (χ4n) is 3.19. The molecule has 0 atom stereocenters. The maximum atomic E-state index is 12.5. The number of rotatable bonds is 5. The zero-order chi connectivity index (χ0) is 15.5. The molecule has 3 rings (SSSR count). The van der Waals surface area contributed by atoms with Gasteiger partial charge in [0.2, 0.25) is 5.91 Å². The minimum Gasteiger partial charge on any atom is -0.355 e. The first-order valence-corrected chi connectivity index (χ1v) is 8.72. The van der Waals surface area contributed by atoms with Crippen LogP contribution in [0.25, 0.3) is 10.2 Å². The van der Waals surface area contributed by atoms with Crippen molar-refractivity contribution < 1.29 is 9.59 Å². The Morgan fingerprint density at radius 1 is 1.32 bits per heavy atom. The van der Waals surface area contributed by atoms with Crippen molar-refractivity contribution in [2.45, 2.75) is 38.6 Å². The van der Waals surface area contributed by atoms with Crippen molar-refractivity contribution in [3.05, 3.63) is 23.2 Å². The molecule has 0 aliphatic heterocycles. The topological polar surface area (TPSA) is 63.1 Å². The van der Waals surface area contributed by atoms with E-state index in [0.717, 1.165) is 23.1 Å². The van der Waals surface area contributed by atoms with Gasteiger partial charge in [0, 0.05) is 12.6 Å². The van der Waals surface area contributed by atoms with Crippen LogP contribution >= 0.6 is 11.3 Å². The van der Waals surface area contributed by atoms with E-state index in [2.05, 4.69) is 26.6 Å². The summed E-state index contributed by atoms with van der Waals surface area (Å²) < 4.78 is 3.31. The maximum Gasteiger partial charge on any atom is 0.268 e. The summed E-state index contributed by atoms with van der Waals surface area (Å²) in [5.41, 5.74) is 1.82. The molecule has 0 spiro atoms. The van der Waals surface area contributed by atoms with E-state index in [1.165, 1.54) is 12.8 Å². The summed E-state index contributed by atoms with van der Waals surface area (Å²) in [7, 11) is 0. The van der Waals surface area contributed by atoms with Gasteiger partial charge in [-0.05, 0) is 37.3 Å². The molecule has 2 N–H and O–H groups in total. The van der Waals surface area contributed by atoms with Crippen LogP contribution in [0.1, 0.15) is 49.1 Å². The summed E-state index contributed by atoms with van der Waals surface area (Å²) in [5, 5.41) is 7.48. The first-order valence-electron chi connectivity index (χ1n) is 7.84. The monoisotopic (exact) mass is 319 g/mol. The molecule has 0 saturated heterocycles. The van der Waals surface area contributed by atoms with Crippen LogP contribution in [-0.2, 0) is 4.79 Å². The van der Waals surface area contributed by atoms with Gasteiger partial charge in [0.15, 0.2) is 0 Å². The molecule has 118 valence electrons. The van der Waals surface area contributed by atoms with E-state index in [0.29, 0.717) is 18.3 Å². The molecule has 2 amide bonds. The summed E-state index contributed by atoms with van der Waals surface area (Å²) in [6.07, 6.45) is 4.68. The van der Waals surface area contributed by atoms with E-state index in [9.17, 15) is 9.59 Å². The molecule has 0 bridgehead atoms. The van der Waals surface area contributed by atoms with Crippen LogP contribution in [0.4, 0.5) is 0 Å². The van der Waals surface area contributed by atoms with Crippen molar-refractivity contribution in [2.24, 2.45) is 0 Å². The summed E-state index contributed by atoms with van der Waals surface area (Å²) in [5.74, 6) is -0.321. The van der Waals surface area contributed by atoms with Gasteiger partial charge >= 0.3 is 0 Å². The van der Waals surface area contributed by atoms with Gasteiger partial charge in [0.05, 0.1) is 16.8 Å². The van der Waals surface area contributed by atoms with Gasteiger partial charge in [0.25, 0.3) is 5.91 Å². The van der Waals surface area contributed by atoms with Crippen LogP contribution in [-0.4, -0.2) is 29.5 Å². The fraction of sp³-hybridized carbons (Fsp3) is 0.500. The summed E-state index contributed by atoms with van der Waals surface area (Å²) in [6, 6.07) is 4.43. The van der Waals surface area contributed by atoms with Crippen LogP contribution < -0.4 is 10.6 Å². The summed E-state index contributed by atoms with van der Waals surface area (Å²) >= 11 is 1.65. The highest BCUT2D eigenvalue weighted by atomic mass is 32.1. The van der Waals surface area contributed by atoms with Crippen molar-refractivity contribution in [1.82, 2.24) is 15.2 Å². The third kappa shape index (κ3) is 2.88. The Labute approximate surface area is 133 Å². The number of hydrogen-bond acceptors (Lipinski definition) is 3. The predicted octanol–water partition coefficient (Wildman–Crippen LogP) is 2.68. The highest BCUT2D eigenvalue weighted by Gasteiger charge is 2.25. The Balaban J connectivity index is 1.83.